The average Bonchev–Trinajstić information content (AvgIpc) is 3.24. The highest BCUT2D eigenvalue weighted by atomic mass is 19.4. The Hall–Kier alpha value is -4.06. The number of rotatable bonds is 5. The fraction of sp³-hybridized carbons (Fsp3) is 0.143. The van der Waals surface area contributed by atoms with Gasteiger partial charge in [0.15, 0.2) is 5.82 Å². The van der Waals surface area contributed by atoms with E-state index in [9.17, 15) is 27.5 Å². The summed E-state index contributed by atoms with van der Waals surface area (Å²) in [6.07, 6.45) is 1.34. The Kier molecular flexibility index (Phi) is 5.68. The van der Waals surface area contributed by atoms with Crippen LogP contribution in [0.1, 0.15) is 15.9 Å². The van der Waals surface area contributed by atoms with E-state index in [0.29, 0.717) is 11.3 Å². The van der Waals surface area contributed by atoms with Crippen molar-refractivity contribution in [1.29, 1.82) is 0 Å². The van der Waals surface area contributed by atoms with E-state index in [1.807, 2.05) is 0 Å². The molecule has 1 atom stereocenters. The minimum absolute atomic E-state index is 0.00737. The number of hydrogen-bond acceptors (Lipinski definition) is 7. The second kappa shape index (κ2) is 8.47. The molecule has 1 unspecified atom stereocenters. The predicted octanol–water partition coefficient (Wildman–Crippen LogP) is 4.20. The molecule has 0 spiro atoms. The molecule has 0 fully saturated rings. The van der Waals surface area contributed by atoms with Crippen molar-refractivity contribution in [3.05, 3.63) is 72.1 Å². The van der Waals surface area contributed by atoms with Crippen LogP contribution in [0, 0.1) is 12.7 Å². The number of carboxylic acids is 1. The molecule has 1 aromatic carbocycles. The summed E-state index contributed by atoms with van der Waals surface area (Å²) in [5, 5.41) is 13.1. The van der Waals surface area contributed by atoms with Gasteiger partial charge in [0, 0.05) is 41.6 Å². The lowest BCUT2D eigenvalue weighted by molar-refractivity contribution is -0.142. The number of hydrogen-bond donors (Lipinski definition) is 3. The number of carbonyl (C=O) groups is 1. The molecule has 1 aliphatic rings. The van der Waals surface area contributed by atoms with Gasteiger partial charge in [-0.3, -0.25) is 9.99 Å². The molecule has 8 nitrogen and oxygen atoms in total. The molecule has 3 aromatic rings. The molecule has 12 heteroatoms. The van der Waals surface area contributed by atoms with Crippen molar-refractivity contribution in [3.63, 3.8) is 0 Å². The molecule has 3 heterocycles. The lowest BCUT2D eigenvalue weighted by atomic mass is 10.1. The van der Waals surface area contributed by atoms with Crippen LogP contribution in [-0.2, 0) is 0 Å². The molecule has 3 N–H and O–H groups in total. The van der Waals surface area contributed by atoms with Crippen molar-refractivity contribution in [1.82, 2.24) is 20.4 Å². The van der Waals surface area contributed by atoms with Gasteiger partial charge in [-0.1, -0.05) is 0 Å². The summed E-state index contributed by atoms with van der Waals surface area (Å²) in [5.41, 5.74) is 3.67. The van der Waals surface area contributed by atoms with Gasteiger partial charge in [-0.15, -0.1) is 0 Å². The highest BCUT2D eigenvalue weighted by molar-refractivity contribution is 5.89. The number of carboxylic acid groups (broad SMARTS) is 1. The number of aromatic carboxylic acids is 1. The fourth-order valence-electron chi connectivity index (χ4n) is 3.18. The SMILES string of the molecule is Cc1cc(F)cc(Nc2ncc(-c3cncc(C(=O)O)c3)c(N3C=CC(C(F)(F)F)N3)n2)c1. The topological polar surface area (TPSA) is 103 Å². The molecule has 0 saturated heterocycles. The molecular formula is C21H16F4N6O2. The highest BCUT2D eigenvalue weighted by Gasteiger charge is 2.41. The van der Waals surface area contributed by atoms with Gasteiger partial charge in [0.05, 0.1) is 5.56 Å². The van der Waals surface area contributed by atoms with Crippen LogP contribution in [0.2, 0.25) is 0 Å². The number of nitrogens with one attached hydrogen (secondary N) is 2. The number of benzene rings is 1. The third-order valence-corrected chi connectivity index (χ3v) is 4.65. The summed E-state index contributed by atoms with van der Waals surface area (Å²) in [6, 6.07) is 3.57. The first-order valence-electron chi connectivity index (χ1n) is 9.50. The summed E-state index contributed by atoms with van der Waals surface area (Å²) >= 11 is 0. The van der Waals surface area contributed by atoms with Crippen molar-refractivity contribution < 1.29 is 27.5 Å². The van der Waals surface area contributed by atoms with Crippen molar-refractivity contribution in [2.75, 3.05) is 10.3 Å². The lowest BCUT2D eigenvalue weighted by Crippen LogP contribution is -2.44. The number of nitrogens with zero attached hydrogens (tertiary/aromatic N) is 4. The number of halogens is 4. The number of alkyl halides is 3. The second-order valence-corrected chi connectivity index (χ2v) is 7.20. The van der Waals surface area contributed by atoms with Crippen LogP contribution < -0.4 is 15.8 Å². The van der Waals surface area contributed by atoms with Crippen LogP contribution in [-0.4, -0.2) is 38.2 Å². The Morgan fingerprint density at radius 1 is 1.18 bits per heavy atom. The fourth-order valence-corrected chi connectivity index (χ4v) is 3.18. The van der Waals surface area contributed by atoms with Gasteiger partial charge in [0.2, 0.25) is 5.95 Å². The first-order valence-corrected chi connectivity index (χ1v) is 9.50. The number of anilines is 3. The molecular weight excluding hydrogens is 444 g/mol. The van der Waals surface area contributed by atoms with Crippen molar-refractivity contribution >= 4 is 23.4 Å². The number of hydrazine groups is 1. The largest absolute Gasteiger partial charge is 0.478 e. The summed E-state index contributed by atoms with van der Waals surface area (Å²) in [6.45, 7) is 1.70. The van der Waals surface area contributed by atoms with Crippen LogP contribution in [0.3, 0.4) is 0 Å². The van der Waals surface area contributed by atoms with E-state index in [4.69, 9.17) is 0 Å². The first kappa shape index (κ1) is 22.1. The standard InChI is InChI=1S/C21H16F4N6O2/c1-11-4-14(22)7-15(5-11)28-20-27-10-16(12-6-13(19(32)33)9-26-8-12)18(29-20)31-3-2-17(30-31)21(23,24)25/h2-10,17,30H,1H3,(H,32,33)(H,27,28,29). The predicted molar refractivity (Wildman–Crippen MR) is 111 cm³/mol. The van der Waals surface area contributed by atoms with Crippen LogP contribution in [0.25, 0.3) is 11.1 Å². The van der Waals surface area contributed by atoms with E-state index in [1.165, 1.54) is 30.6 Å². The summed E-state index contributed by atoms with van der Waals surface area (Å²) in [4.78, 5) is 23.7. The van der Waals surface area contributed by atoms with E-state index in [-0.39, 0.29) is 28.5 Å². The lowest BCUT2D eigenvalue weighted by Gasteiger charge is -2.23. The third-order valence-electron chi connectivity index (χ3n) is 4.65. The van der Waals surface area contributed by atoms with E-state index < -0.39 is 24.0 Å². The van der Waals surface area contributed by atoms with E-state index in [1.54, 1.807) is 13.0 Å². The van der Waals surface area contributed by atoms with Crippen molar-refractivity contribution in [3.8, 4) is 11.1 Å². The zero-order valence-electron chi connectivity index (χ0n) is 16.9. The maximum Gasteiger partial charge on any atom is 0.409 e. The first-order chi connectivity index (χ1) is 15.6. The molecule has 170 valence electrons. The van der Waals surface area contributed by atoms with E-state index in [0.717, 1.165) is 23.5 Å². The summed E-state index contributed by atoms with van der Waals surface area (Å²) in [5.74, 6) is -1.70. The zero-order chi connectivity index (χ0) is 23.8. The maximum atomic E-state index is 13.7. The zero-order valence-corrected chi connectivity index (χ0v) is 16.9. The monoisotopic (exact) mass is 460 g/mol. The number of pyridine rings is 1. The summed E-state index contributed by atoms with van der Waals surface area (Å²) in [7, 11) is 0. The van der Waals surface area contributed by atoms with E-state index in [2.05, 4.69) is 25.7 Å². The third kappa shape index (κ3) is 4.90. The van der Waals surface area contributed by atoms with Gasteiger partial charge in [-0.2, -0.15) is 18.2 Å². The average molecular weight is 460 g/mol. The number of aryl methyl sites for hydroxylation is 1. The Labute approximate surface area is 184 Å². The van der Waals surface area contributed by atoms with Gasteiger partial charge in [-0.25, -0.2) is 19.6 Å². The van der Waals surface area contributed by atoms with Crippen LogP contribution in [0.15, 0.2) is 55.1 Å². The van der Waals surface area contributed by atoms with Crippen LogP contribution in [0.4, 0.5) is 35.0 Å². The van der Waals surface area contributed by atoms with Crippen LogP contribution >= 0.6 is 0 Å². The molecule has 0 amide bonds. The number of aromatic nitrogens is 3. The molecule has 4 rings (SSSR count). The molecule has 2 aromatic heterocycles. The Morgan fingerprint density at radius 3 is 2.64 bits per heavy atom. The van der Waals surface area contributed by atoms with Crippen molar-refractivity contribution in [2.24, 2.45) is 0 Å². The highest BCUT2D eigenvalue weighted by Crippen LogP contribution is 2.33. The van der Waals surface area contributed by atoms with Crippen molar-refractivity contribution in [2.45, 2.75) is 19.1 Å². The van der Waals surface area contributed by atoms with Crippen LogP contribution in [0.5, 0.6) is 0 Å². The maximum absolute atomic E-state index is 13.7. The van der Waals surface area contributed by atoms with Gasteiger partial charge >= 0.3 is 12.1 Å². The van der Waals surface area contributed by atoms with Gasteiger partial charge in [0.25, 0.3) is 0 Å². The Balaban J connectivity index is 1.76. The van der Waals surface area contributed by atoms with Gasteiger partial charge < -0.3 is 10.4 Å². The molecule has 1 aliphatic heterocycles. The minimum atomic E-state index is -4.54. The van der Waals surface area contributed by atoms with Gasteiger partial charge in [0.1, 0.15) is 11.9 Å². The molecule has 0 bridgehead atoms. The molecule has 33 heavy (non-hydrogen) atoms. The van der Waals surface area contributed by atoms with Gasteiger partial charge in [-0.05, 0) is 42.8 Å². The minimum Gasteiger partial charge on any atom is -0.478 e. The Morgan fingerprint density at radius 2 is 1.97 bits per heavy atom. The van der Waals surface area contributed by atoms with E-state index >= 15 is 0 Å². The smallest absolute Gasteiger partial charge is 0.409 e. The molecule has 0 radical (unpaired) electrons. The normalized spacial score (nSPS) is 15.7. The summed E-state index contributed by atoms with van der Waals surface area (Å²) < 4.78 is 53.2. The Bertz CT molecular complexity index is 1230. The molecule has 0 saturated carbocycles. The quantitative estimate of drug-likeness (QED) is 0.487. The second-order valence-electron chi connectivity index (χ2n) is 7.20. The molecule has 0 aliphatic carbocycles.